The number of benzene rings is 3. The van der Waals surface area contributed by atoms with Crippen LogP contribution in [-0.2, 0) is 9.59 Å². The van der Waals surface area contributed by atoms with Gasteiger partial charge in [0.2, 0.25) is 0 Å². The molecule has 1 saturated heterocycles. The van der Waals surface area contributed by atoms with Gasteiger partial charge in [-0.25, -0.2) is 4.39 Å². The molecule has 1 amide bonds. The third kappa shape index (κ3) is 4.56. The molecule has 0 bridgehead atoms. The van der Waals surface area contributed by atoms with Crippen LogP contribution < -0.4 is 9.64 Å². The number of Topliss-reactive ketones (excluding diaryl/α,β-unsaturated/α-hetero) is 1. The van der Waals surface area contributed by atoms with E-state index in [0.717, 1.165) is 5.56 Å². The lowest BCUT2D eigenvalue weighted by molar-refractivity contribution is -0.132. The molecule has 1 aliphatic rings. The highest BCUT2D eigenvalue weighted by molar-refractivity contribution is 6.51. The Balaban J connectivity index is 1.92. The van der Waals surface area contributed by atoms with E-state index in [0.29, 0.717) is 35.1 Å². The molecule has 35 heavy (non-hydrogen) atoms. The second-order valence-corrected chi connectivity index (χ2v) is 8.88. The van der Waals surface area contributed by atoms with Crippen molar-refractivity contribution in [2.45, 2.75) is 39.7 Å². The first-order chi connectivity index (χ1) is 16.7. The lowest BCUT2D eigenvalue weighted by atomic mass is 9.93. The van der Waals surface area contributed by atoms with Crippen LogP contribution >= 0.6 is 0 Å². The van der Waals surface area contributed by atoms with Crippen molar-refractivity contribution < 1.29 is 23.8 Å². The number of carbonyl (C=O) groups is 2. The summed E-state index contributed by atoms with van der Waals surface area (Å²) in [5.41, 5.74) is 2.82. The minimum Gasteiger partial charge on any atom is -0.507 e. The number of aliphatic hydroxyl groups is 1. The molecule has 6 heteroatoms. The van der Waals surface area contributed by atoms with E-state index in [4.69, 9.17) is 4.74 Å². The molecule has 0 radical (unpaired) electrons. The first-order valence-electron chi connectivity index (χ1n) is 11.6. The van der Waals surface area contributed by atoms with Gasteiger partial charge < -0.3 is 9.84 Å². The second kappa shape index (κ2) is 9.74. The molecule has 0 aromatic heterocycles. The fraction of sp³-hybridized carbons (Fsp3) is 0.241. The molecular weight excluding hydrogens is 445 g/mol. The van der Waals surface area contributed by atoms with Gasteiger partial charge in [-0.05, 0) is 66.8 Å². The summed E-state index contributed by atoms with van der Waals surface area (Å²) in [4.78, 5) is 28.0. The Morgan fingerprint density at radius 1 is 1.06 bits per heavy atom. The molecular formula is C29H28FNO4. The summed E-state index contributed by atoms with van der Waals surface area (Å²) in [7, 11) is 0. The van der Waals surface area contributed by atoms with Gasteiger partial charge in [0, 0.05) is 17.3 Å². The Bertz CT molecular complexity index is 1310. The number of carbonyl (C=O) groups excluding carboxylic acids is 2. The Kier molecular flexibility index (Phi) is 6.74. The molecule has 4 rings (SSSR count). The number of ether oxygens (including phenoxy) is 1. The molecule has 1 unspecified atom stereocenters. The molecule has 1 N–H and O–H groups in total. The highest BCUT2D eigenvalue weighted by Crippen LogP contribution is 2.43. The van der Waals surface area contributed by atoms with Gasteiger partial charge in [0.15, 0.2) is 0 Å². The van der Waals surface area contributed by atoms with E-state index in [1.165, 1.54) is 23.1 Å². The van der Waals surface area contributed by atoms with Gasteiger partial charge in [0.1, 0.15) is 17.3 Å². The van der Waals surface area contributed by atoms with Gasteiger partial charge in [0.05, 0.1) is 18.2 Å². The quantitative estimate of drug-likeness (QED) is 0.260. The molecule has 1 aliphatic heterocycles. The van der Waals surface area contributed by atoms with E-state index < -0.39 is 23.5 Å². The second-order valence-electron chi connectivity index (χ2n) is 8.88. The number of rotatable bonds is 6. The van der Waals surface area contributed by atoms with Crippen LogP contribution in [0.2, 0.25) is 0 Å². The van der Waals surface area contributed by atoms with Crippen molar-refractivity contribution in [1.29, 1.82) is 0 Å². The van der Waals surface area contributed by atoms with E-state index in [9.17, 15) is 19.1 Å². The van der Waals surface area contributed by atoms with Crippen LogP contribution in [0, 0.1) is 12.7 Å². The van der Waals surface area contributed by atoms with Gasteiger partial charge in [-0.2, -0.15) is 0 Å². The highest BCUT2D eigenvalue weighted by Gasteiger charge is 2.47. The smallest absolute Gasteiger partial charge is 0.300 e. The molecule has 1 heterocycles. The van der Waals surface area contributed by atoms with E-state index in [1.54, 1.807) is 31.2 Å². The monoisotopic (exact) mass is 473 g/mol. The van der Waals surface area contributed by atoms with Crippen LogP contribution in [0.15, 0.2) is 72.3 Å². The molecule has 1 fully saturated rings. The molecule has 3 aromatic rings. The van der Waals surface area contributed by atoms with Crippen LogP contribution in [0.3, 0.4) is 0 Å². The normalized spacial score (nSPS) is 17.3. The summed E-state index contributed by atoms with van der Waals surface area (Å²) in [6.45, 7) is 8.05. The van der Waals surface area contributed by atoms with Crippen molar-refractivity contribution in [3.8, 4) is 5.75 Å². The van der Waals surface area contributed by atoms with Gasteiger partial charge in [-0.1, -0.05) is 44.2 Å². The van der Waals surface area contributed by atoms with Crippen molar-refractivity contribution in [1.82, 2.24) is 0 Å². The number of ketones is 1. The first kappa shape index (κ1) is 24.2. The van der Waals surface area contributed by atoms with Crippen molar-refractivity contribution in [3.05, 3.63) is 100 Å². The summed E-state index contributed by atoms with van der Waals surface area (Å²) in [5, 5.41) is 11.2. The van der Waals surface area contributed by atoms with Crippen LogP contribution in [0.5, 0.6) is 5.75 Å². The summed E-state index contributed by atoms with van der Waals surface area (Å²) < 4.78 is 19.5. The predicted octanol–water partition coefficient (Wildman–Crippen LogP) is 6.28. The van der Waals surface area contributed by atoms with Crippen molar-refractivity contribution >= 4 is 23.1 Å². The van der Waals surface area contributed by atoms with E-state index in [2.05, 4.69) is 13.8 Å². The summed E-state index contributed by atoms with van der Waals surface area (Å²) >= 11 is 0. The molecule has 0 spiro atoms. The predicted molar refractivity (Wildman–Crippen MR) is 134 cm³/mol. The van der Waals surface area contributed by atoms with Crippen LogP contribution in [0.1, 0.15) is 55.0 Å². The molecule has 5 nitrogen and oxygen atoms in total. The van der Waals surface area contributed by atoms with E-state index in [-0.39, 0.29) is 16.9 Å². The maximum absolute atomic E-state index is 13.9. The van der Waals surface area contributed by atoms with E-state index >= 15 is 0 Å². The maximum Gasteiger partial charge on any atom is 0.300 e. The lowest BCUT2D eigenvalue weighted by Crippen LogP contribution is -2.29. The number of hydrogen-bond donors (Lipinski definition) is 1. The topological polar surface area (TPSA) is 66.8 Å². The third-order valence-corrected chi connectivity index (χ3v) is 6.20. The Morgan fingerprint density at radius 3 is 2.40 bits per heavy atom. The Hall–Kier alpha value is -3.93. The zero-order valence-corrected chi connectivity index (χ0v) is 20.2. The van der Waals surface area contributed by atoms with E-state index in [1.807, 2.05) is 31.2 Å². The van der Waals surface area contributed by atoms with Crippen LogP contribution in [0.25, 0.3) is 5.76 Å². The Labute approximate surface area is 204 Å². The standard InChI is InChI=1S/C29H28FNO4/c1-5-35-23-8-6-7-22(16-23)31-26(20-11-9-19(10-12-20)17(2)3)25(28(33)29(31)34)27(32)21-13-14-24(30)18(4)15-21/h6-17,26,32H,5H2,1-4H3/b27-25+. The fourth-order valence-corrected chi connectivity index (χ4v) is 4.31. The number of anilines is 1. The van der Waals surface area contributed by atoms with Gasteiger partial charge in [0.25, 0.3) is 11.7 Å². The largest absolute Gasteiger partial charge is 0.507 e. The third-order valence-electron chi connectivity index (χ3n) is 6.20. The summed E-state index contributed by atoms with van der Waals surface area (Å²) in [5.74, 6) is -1.44. The van der Waals surface area contributed by atoms with Gasteiger partial charge in [-0.3, -0.25) is 14.5 Å². The van der Waals surface area contributed by atoms with Crippen molar-refractivity contribution in [2.75, 3.05) is 11.5 Å². The number of aryl methyl sites for hydroxylation is 1. The first-order valence-corrected chi connectivity index (χ1v) is 11.6. The molecule has 180 valence electrons. The minimum absolute atomic E-state index is 0.0416. The van der Waals surface area contributed by atoms with Gasteiger partial charge in [-0.15, -0.1) is 0 Å². The average Bonchev–Trinajstić information content (AvgIpc) is 3.11. The molecule has 3 aromatic carbocycles. The molecule has 1 atom stereocenters. The fourth-order valence-electron chi connectivity index (χ4n) is 4.31. The average molecular weight is 474 g/mol. The Morgan fingerprint density at radius 2 is 1.77 bits per heavy atom. The SMILES string of the molecule is CCOc1cccc(N2C(=O)C(=O)/C(=C(/O)c3ccc(F)c(C)c3)C2c2ccc(C(C)C)cc2)c1. The highest BCUT2D eigenvalue weighted by atomic mass is 19.1. The van der Waals surface area contributed by atoms with Crippen LogP contribution in [0.4, 0.5) is 10.1 Å². The number of amides is 1. The van der Waals surface area contributed by atoms with Crippen molar-refractivity contribution in [3.63, 3.8) is 0 Å². The maximum atomic E-state index is 13.9. The number of hydrogen-bond acceptors (Lipinski definition) is 4. The van der Waals surface area contributed by atoms with Crippen molar-refractivity contribution in [2.24, 2.45) is 0 Å². The van der Waals surface area contributed by atoms with Crippen LogP contribution in [-0.4, -0.2) is 23.4 Å². The number of aliphatic hydroxyl groups excluding tert-OH is 1. The number of halogens is 1. The zero-order valence-electron chi connectivity index (χ0n) is 20.2. The molecule has 0 saturated carbocycles. The summed E-state index contributed by atoms with van der Waals surface area (Å²) in [6.07, 6.45) is 0. The van der Waals surface area contributed by atoms with Gasteiger partial charge >= 0.3 is 0 Å². The number of nitrogens with zero attached hydrogens (tertiary/aromatic N) is 1. The minimum atomic E-state index is -0.863. The molecule has 0 aliphatic carbocycles. The zero-order chi connectivity index (χ0) is 25.3. The lowest BCUT2D eigenvalue weighted by Gasteiger charge is -2.26. The summed E-state index contributed by atoms with van der Waals surface area (Å²) in [6, 6.07) is 17.8.